The van der Waals surface area contributed by atoms with Gasteiger partial charge in [0.1, 0.15) is 17.6 Å². The smallest absolute Gasteiger partial charge is 0.258 e. The second-order valence-corrected chi connectivity index (χ2v) is 6.77. The van der Waals surface area contributed by atoms with E-state index in [1.54, 1.807) is 10.6 Å². The Bertz CT molecular complexity index is 1190. The molecule has 8 nitrogen and oxygen atoms in total. The predicted octanol–water partition coefficient (Wildman–Crippen LogP) is 1.87. The van der Waals surface area contributed by atoms with Crippen molar-refractivity contribution in [2.24, 2.45) is 0 Å². The van der Waals surface area contributed by atoms with Crippen LogP contribution in [0.3, 0.4) is 0 Å². The Morgan fingerprint density at radius 2 is 2.24 bits per heavy atom. The molecule has 0 amide bonds. The molecule has 0 unspecified atom stereocenters. The maximum absolute atomic E-state index is 13.5. The highest BCUT2D eigenvalue weighted by Gasteiger charge is 2.20. The summed E-state index contributed by atoms with van der Waals surface area (Å²) in [5, 5.41) is 26.0. The minimum atomic E-state index is -0.891. The fourth-order valence-corrected chi connectivity index (χ4v) is 3.46. The maximum Gasteiger partial charge on any atom is 0.258 e. The molecule has 0 saturated heterocycles. The number of nitriles is 1. The molecular formula is C20H18FN5O3. The minimum absolute atomic E-state index is 0.0101. The highest BCUT2D eigenvalue weighted by molar-refractivity contribution is 5.68. The van der Waals surface area contributed by atoms with Gasteiger partial charge in [0, 0.05) is 37.6 Å². The first kappa shape index (κ1) is 18.8. The average Bonchev–Trinajstić information content (AvgIpc) is 3.20. The summed E-state index contributed by atoms with van der Waals surface area (Å²) in [5.41, 5.74) is 2.07. The third kappa shape index (κ3) is 3.39. The van der Waals surface area contributed by atoms with Crippen molar-refractivity contribution >= 4 is 0 Å². The second-order valence-electron chi connectivity index (χ2n) is 6.77. The number of aryl methyl sites for hydroxylation is 1. The van der Waals surface area contributed by atoms with E-state index in [4.69, 9.17) is 4.52 Å². The van der Waals surface area contributed by atoms with Crippen molar-refractivity contribution in [2.75, 3.05) is 6.54 Å². The van der Waals surface area contributed by atoms with E-state index in [1.807, 2.05) is 13.0 Å². The van der Waals surface area contributed by atoms with Gasteiger partial charge in [-0.25, -0.2) is 9.37 Å². The number of nitrogens with one attached hydrogen (secondary N) is 1. The van der Waals surface area contributed by atoms with Crippen LogP contribution in [0.25, 0.3) is 11.3 Å². The number of halogens is 1. The van der Waals surface area contributed by atoms with Gasteiger partial charge in [0.05, 0.1) is 23.4 Å². The van der Waals surface area contributed by atoms with Gasteiger partial charge >= 0.3 is 0 Å². The molecule has 0 aliphatic carbocycles. The molecule has 1 aliphatic heterocycles. The third-order valence-corrected chi connectivity index (χ3v) is 4.94. The lowest BCUT2D eigenvalue weighted by atomic mass is 10.0. The zero-order valence-corrected chi connectivity index (χ0v) is 15.7. The molecule has 0 bridgehead atoms. The molecule has 2 aromatic heterocycles. The van der Waals surface area contributed by atoms with Gasteiger partial charge in [-0.3, -0.25) is 9.36 Å². The van der Waals surface area contributed by atoms with E-state index in [0.717, 1.165) is 30.8 Å². The number of rotatable bonds is 4. The summed E-state index contributed by atoms with van der Waals surface area (Å²) in [5.74, 6) is -0.617. The summed E-state index contributed by atoms with van der Waals surface area (Å²) in [4.78, 5) is 17.6. The van der Waals surface area contributed by atoms with E-state index in [0.29, 0.717) is 30.0 Å². The van der Waals surface area contributed by atoms with Gasteiger partial charge in [-0.1, -0.05) is 12.1 Å². The van der Waals surface area contributed by atoms with E-state index >= 15 is 0 Å². The SMILES string of the molecule is CCc1nc2c(c(=O)n1Cc1cc(-c3cc(O)c(F)cc3C#N)on1)CNCC2. The van der Waals surface area contributed by atoms with Crippen LogP contribution in [0.15, 0.2) is 27.5 Å². The first-order chi connectivity index (χ1) is 14.0. The van der Waals surface area contributed by atoms with Gasteiger partial charge in [0.2, 0.25) is 0 Å². The molecule has 148 valence electrons. The van der Waals surface area contributed by atoms with E-state index in [9.17, 15) is 19.6 Å². The minimum Gasteiger partial charge on any atom is -0.505 e. The number of phenolic OH excluding ortho intramolecular Hbond substituents is 1. The lowest BCUT2D eigenvalue weighted by Crippen LogP contribution is -2.37. The Labute approximate surface area is 165 Å². The van der Waals surface area contributed by atoms with Crippen LogP contribution in [0.2, 0.25) is 0 Å². The van der Waals surface area contributed by atoms with E-state index in [2.05, 4.69) is 15.5 Å². The Hall–Kier alpha value is -3.51. The molecule has 0 spiro atoms. The van der Waals surface area contributed by atoms with Crippen molar-refractivity contribution in [3.8, 4) is 23.1 Å². The number of nitrogens with zero attached hydrogens (tertiary/aromatic N) is 4. The van der Waals surface area contributed by atoms with E-state index < -0.39 is 11.6 Å². The molecule has 1 aliphatic rings. The van der Waals surface area contributed by atoms with Gasteiger partial charge < -0.3 is 14.9 Å². The largest absolute Gasteiger partial charge is 0.505 e. The van der Waals surface area contributed by atoms with E-state index in [-0.39, 0.29) is 29.0 Å². The molecule has 3 aromatic rings. The van der Waals surface area contributed by atoms with Crippen molar-refractivity contribution in [2.45, 2.75) is 32.9 Å². The predicted molar refractivity (Wildman–Crippen MR) is 101 cm³/mol. The normalized spacial score (nSPS) is 13.1. The van der Waals surface area contributed by atoms with Gasteiger partial charge in [0.25, 0.3) is 5.56 Å². The summed E-state index contributed by atoms with van der Waals surface area (Å²) < 4.78 is 20.4. The van der Waals surface area contributed by atoms with Gasteiger partial charge in [-0.2, -0.15) is 5.26 Å². The topological polar surface area (TPSA) is 117 Å². The summed E-state index contributed by atoms with van der Waals surface area (Å²) in [6.07, 6.45) is 1.31. The Kier molecular flexibility index (Phi) is 4.86. The fourth-order valence-electron chi connectivity index (χ4n) is 3.46. The van der Waals surface area contributed by atoms with Crippen LogP contribution in [0, 0.1) is 17.1 Å². The van der Waals surface area contributed by atoms with Gasteiger partial charge in [-0.15, -0.1) is 0 Å². The van der Waals surface area contributed by atoms with Crippen molar-refractivity contribution in [3.05, 3.63) is 62.7 Å². The standard InChI is InChI=1S/C20H18FN5O3/c1-2-19-24-16-3-4-23-9-14(16)20(28)26(19)10-12-6-18(29-25-12)13-7-17(27)15(21)5-11(13)8-22/h5-7,23,27H,2-4,9-10H2,1H3. The maximum atomic E-state index is 13.5. The molecule has 0 atom stereocenters. The molecule has 9 heteroatoms. The zero-order valence-electron chi connectivity index (χ0n) is 15.7. The highest BCUT2D eigenvalue weighted by atomic mass is 19.1. The summed E-state index contributed by atoms with van der Waals surface area (Å²) >= 11 is 0. The average molecular weight is 395 g/mol. The van der Waals surface area contributed by atoms with Gasteiger partial charge in [0.15, 0.2) is 17.3 Å². The highest BCUT2D eigenvalue weighted by Crippen LogP contribution is 2.30. The summed E-state index contributed by atoms with van der Waals surface area (Å²) in [7, 11) is 0. The first-order valence-electron chi connectivity index (χ1n) is 9.22. The third-order valence-electron chi connectivity index (χ3n) is 4.94. The number of hydrogen-bond donors (Lipinski definition) is 2. The first-order valence-corrected chi connectivity index (χ1v) is 9.22. The molecule has 0 saturated carbocycles. The Morgan fingerprint density at radius 3 is 3.00 bits per heavy atom. The van der Waals surface area contributed by atoms with Crippen molar-refractivity contribution < 1.29 is 14.0 Å². The van der Waals surface area contributed by atoms with Crippen molar-refractivity contribution in [1.82, 2.24) is 20.0 Å². The lowest BCUT2D eigenvalue weighted by molar-refractivity contribution is 0.416. The molecule has 3 heterocycles. The van der Waals surface area contributed by atoms with E-state index in [1.165, 1.54) is 0 Å². The van der Waals surface area contributed by atoms with Crippen LogP contribution in [0.4, 0.5) is 4.39 Å². The Morgan fingerprint density at radius 1 is 1.41 bits per heavy atom. The quantitative estimate of drug-likeness (QED) is 0.692. The van der Waals surface area contributed by atoms with Crippen LogP contribution >= 0.6 is 0 Å². The molecule has 4 rings (SSSR count). The van der Waals surface area contributed by atoms with Crippen LogP contribution in [0.1, 0.15) is 35.3 Å². The number of aromatic hydroxyl groups is 1. The monoisotopic (exact) mass is 395 g/mol. The summed E-state index contributed by atoms with van der Waals surface area (Å²) in [6, 6.07) is 5.49. The van der Waals surface area contributed by atoms with Crippen LogP contribution in [-0.4, -0.2) is 26.4 Å². The second kappa shape index (κ2) is 7.48. The van der Waals surface area contributed by atoms with Crippen molar-refractivity contribution in [3.63, 3.8) is 0 Å². The molecule has 2 N–H and O–H groups in total. The molecular weight excluding hydrogens is 377 g/mol. The van der Waals surface area contributed by atoms with Gasteiger partial charge in [-0.05, 0) is 12.1 Å². The molecule has 0 radical (unpaired) electrons. The van der Waals surface area contributed by atoms with Crippen LogP contribution in [-0.2, 0) is 25.9 Å². The molecule has 29 heavy (non-hydrogen) atoms. The van der Waals surface area contributed by atoms with Crippen molar-refractivity contribution in [1.29, 1.82) is 5.26 Å². The number of aromatic nitrogens is 3. The Balaban J connectivity index is 1.72. The number of fused-ring (bicyclic) bond motifs is 1. The fraction of sp³-hybridized carbons (Fsp3) is 0.300. The lowest BCUT2D eigenvalue weighted by Gasteiger charge is -2.19. The zero-order chi connectivity index (χ0) is 20.5. The van der Waals surface area contributed by atoms with Crippen LogP contribution < -0.4 is 10.9 Å². The molecule has 0 fully saturated rings. The number of hydrogen-bond acceptors (Lipinski definition) is 7. The molecule has 1 aromatic carbocycles. The summed E-state index contributed by atoms with van der Waals surface area (Å²) in [6.45, 7) is 3.36. The number of benzene rings is 1. The van der Waals surface area contributed by atoms with Crippen LogP contribution in [0.5, 0.6) is 5.75 Å². The number of phenols is 1.